The van der Waals surface area contributed by atoms with Gasteiger partial charge in [-0.05, 0) is 75.6 Å². The summed E-state index contributed by atoms with van der Waals surface area (Å²) in [7, 11) is 0. The first-order chi connectivity index (χ1) is 18.6. The lowest BCUT2D eigenvalue weighted by Gasteiger charge is -2.37. The quantitative estimate of drug-likeness (QED) is 0.322. The maximum absolute atomic E-state index is 12.3. The van der Waals surface area contributed by atoms with Gasteiger partial charge in [-0.3, -0.25) is 4.79 Å². The zero-order chi connectivity index (χ0) is 25.9. The molecule has 200 valence electrons. The summed E-state index contributed by atoms with van der Waals surface area (Å²) in [6, 6.07) is 11.6. The van der Waals surface area contributed by atoms with E-state index >= 15 is 0 Å². The summed E-state index contributed by atoms with van der Waals surface area (Å²) in [4.78, 5) is 19.8. The molecule has 2 unspecified atom stereocenters. The van der Waals surface area contributed by atoms with Crippen LogP contribution in [-0.2, 0) is 11.3 Å². The highest BCUT2D eigenvalue weighted by Gasteiger charge is 2.31. The summed E-state index contributed by atoms with van der Waals surface area (Å²) >= 11 is 6.47. The molecule has 0 N–H and O–H groups in total. The van der Waals surface area contributed by atoms with Gasteiger partial charge in [0.2, 0.25) is 5.88 Å². The molecule has 6 rings (SSSR count). The molecule has 38 heavy (non-hydrogen) atoms. The highest BCUT2D eigenvalue weighted by molar-refractivity contribution is 6.31. The van der Waals surface area contributed by atoms with Crippen LogP contribution >= 0.6 is 11.6 Å². The van der Waals surface area contributed by atoms with Crippen LogP contribution < -0.4 is 4.74 Å². The summed E-state index contributed by atoms with van der Waals surface area (Å²) < 4.78 is 11.7. The number of hydrogen-bond acceptors (Lipinski definition) is 5. The lowest BCUT2D eigenvalue weighted by Crippen LogP contribution is -2.39. The summed E-state index contributed by atoms with van der Waals surface area (Å²) in [6.45, 7) is 4.58. The topological polar surface area (TPSA) is 51.7 Å². The van der Waals surface area contributed by atoms with Crippen LogP contribution in [0.25, 0.3) is 0 Å². The number of pyridine rings is 1. The fraction of sp³-hybridized carbons (Fsp3) is 0.500. The molecule has 1 aromatic carbocycles. The van der Waals surface area contributed by atoms with Crippen molar-refractivity contribution in [3.63, 3.8) is 0 Å². The van der Waals surface area contributed by atoms with Crippen LogP contribution in [-0.4, -0.2) is 48.0 Å². The van der Waals surface area contributed by atoms with Crippen molar-refractivity contribution in [3.05, 3.63) is 82.5 Å². The highest BCUT2D eigenvalue weighted by atomic mass is 35.5. The number of aromatic nitrogens is 1. The van der Waals surface area contributed by atoms with Gasteiger partial charge in [0.25, 0.3) is 0 Å². The van der Waals surface area contributed by atoms with Gasteiger partial charge in [-0.15, -0.1) is 0 Å². The second-order valence-electron chi connectivity index (χ2n) is 11.3. The SMILES string of the molecule is O=C(c1ccc(COc2cccc(C3CCN(CC4C=CC=C[C@@H]4CC4CCO4)CC3)n2)c(Cl)c1)C1CC1. The van der Waals surface area contributed by atoms with Gasteiger partial charge in [0.1, 0.15) is 6.61 Å². The van der Waals surface area contributed by atoms with Gasteiger partial charge >= 0.3 is 0 Å². The van der Waals surface area contributed by atoms with Crippen molar-refractivity contribution in [2.75, 3.05) is 26.2 Å². The summed E-state index contributed by atoms with van der Waals surface area (Å²) in [5.74, 6) is 2.63. The second-order valence-corrected chi connectivity index (χ2v) is 11.7. The molecule has 5 nitrogen and oxygen atoms in total. The largest absolute Gasteiger partial charge is 0.473 e. The van der Waals surface area contributed by atoms with Crippen LogP contribution in [0.2, 0.25) is 5.02 Å². The number of carbonyl (C=O) groups excluding carboxylic acids is 1. The molecule has 1 saturated carbocycles. The number of nitrogens with zero attached hydrogens (tertiary/aromatic N) is 2. The minimum Gasteiger partial charge on any atom is -0.473 e. The Hall–Kier alpha value is -2.47. The monoisotopic (exact) mass is 532 g/mol. The molecule has 6 heteroatoms. The lowest BCUT2D eigenvalue weighted by atomic mass is 9.82. The van der Waals surface area contributed by atoms with E-state index in [9.17, 15) is 4.79 Å². The van der Waals surface area contributed by atoms with Crippen LogP contribution in [0.3, 0.4) is 0 Å². The fourth-order valence-corrected chi connectivity index (χ4v) is 6.16. The number of allylic oxidation sites excluding steroid dienone is 3. The Labute approximate surface area is 230 Å². The van der Waals surface area contributed by atoms with Crippen LogP contribution in [0.4, 0.5) is 0 Å². The molecule has 3 atom stereocenters. The van der Waals surface area contributed by atoms with Crippen LogP contribution in [0.5, 0.6) is 5.88 Å². The Bertz CT molecular complexity index is 1190. The first-order valence-corrected chi connectivity index (χ1v) is 14.6. The molecule has 3 heterocycles. The molecule has 3 fully saturated rings. The van der Waals surface area contributed by atoms with Crippen molar-refractivity contribution in [3.8, 4) is 5.88 Å². The number of Topliss-reactive ketones (excluding diaryl/α,β-unsaturated/α-hetero) is 1. The minimum atomic E-state index is 0.192. The average Bonchev–Trinajstić information content (AvgIpc) is 3.77. The standard InChI is InChI=1S/C32H37ClN2O3/c33-29-19-25(32(36)23-8-9-23)10-11-27(29)21-38-31-7-3-6-30(34-31)22-12-15-35(16-13-22)20-26-5-2-1-4-24(26)18-28-14-17-37-28/h1-7,10-11,19,22-24,26,28H,8-9,12-18,20-21H2/t24-,26?,28?/m1/s1. The van der Waals surface area contributed by atoms with E-state index in [-0.39, 0.29) is 11.7 Å². The van der Waals surface area contributed by atoms with E-state index in [1.807, 2.05) is 24.3 Å². The third kappa shape index (κ3) is 6.22. The zero-order valence-corrected chi connectivity index (χ0v) is 22.7. The van der Waals surface area contributed by atoms with Crippen molar-refractivity contribution < 1.29 is 14.3 Å². The number of carbonyl (C=O) groups is 1. The van der Waals surface area contributed by atoms with Crippen LogP contribution in [0.1, 0.15) is 66.1 Å². The number of piperidine rings is 1. The maximum atomic E-state index is 12.3. The van der Waals surface area contributed by atoms with Crippen molar-refractivity contribution in [2.45, 2.75) is 57.2 Å². The maximum Gasteiger partial charge on any atom is 0.213 e. The number of rotatable bonds is 10. The van der Waals surface area contributed by atoms with E-state index in [1.54, 1.807) is 6.07 Å². The Morgan fingerprint density at radius 1 is 1.03 bits per heavy atom. The minimum absolute atomic E-state index is 0.192. The fourth-order valence-electron chi connectivity index (χ4n) is 5.92. The van der Waals surface area contributed by atoms with Crippen LogP contribution in [0, 0.1) is 17.8 Å². The van der Waals surface area contributed by atoms with Crippen molar-refractivity contribution in [1.82, 2.24) is 9.88 Å². The van der Waals surface area contributed by atoms with E-state index in [1.165, 1.54) is 6.42 Å². The van der Waals surface area contributed by atoms with Crippen molar-refractivity contribution >= 4 is 17.4 Å². The Morgan fingerprint density at radius 2 is 1.82 bits per heavy atom. The van der Waals surface area contributed by atoms with Gasteiger partial charge < -0.3 is 14.4 Å². The predicted octanol–water partition coefficient (Wildman–Crippen LogP) is 6.62. The second kappa shape index (κ2) is 11.7. The smallest absolute Gasteiger partial charge is 0.213 e. The molecule has 0 spiro atoms. The number of halogens is 1. The Balaban J connectivity index is 1.00. The molecule has 0 bridgehead atoms. The number of ether oxygens (including phenoxy) is 2. The molecular weight excluding hydrogens is 496 g/mol. The van der Waals surface area contributed by atoms with E-state index < -0.39 is 0 Å². The number of hydrogen-bond donors (Lipinski definition) is 0. The number of likely N-dealkylation sites (tertiary alicyclic amines) is 1. The van der Waals surface area contributed by atoms with Crippen molar-refractivity contribution in [2.24, 2.45) is 17.8 Å². The molecule has 2 saturated heterocycles. The van der Waals surface area contributed by atoms with E-state index in [4.69, 9.17) is 26.1 Å². The highest BCUT2D eigenvalue weighted by Crippen LogP contribution is 2.34. The van der Waals surface area contributed by atoms with E-state index in [0.29, 0.717) is 46.9 Å². The molecule has 2 aliphatic carbocycles. The van der Waals surface area contributed by atoms with Crippen molar-refractivity contribution in [1.29, 1.82) is 0 Å². The van der Waals surface area contributed by atoms with Crippen LogP contribution in [0.15, 0.2) is 60.7 Å². The van der Waals surface area contributed by atoms with Gasteiger partial charge in [-0.1, -0.05) is 54.1 Å². The number of ketones is 1. The van der Waals surface area contributed by atoms with Gasteiger partial charge in [-0.2, -0.15) is 0 Å². The summed E-state index contributed by atoms with van der Waals surface area (Å²) in [5.41, 5.74) is 2.68. The first-order valence-electron chi connectivity index (χ1n) is 14.2. The Morgan fingerprint density at radius 3 is 2.53 bits per heavy atom. The van der Waals surface area contributed by atoms with Gasteiger partial charge in [0.15, 0.2) is 5.78 Å². The molecule has 4 aliphatic rings. The molecule has 2 aliphatic heterocycles. The molecule has 0 amide bonds. The number of benzene rings is 1. The van der Waals surface area contributed by atoms with E-state index in [0.717, 1.165) is 69.6 Å². The van der Waals surface area contributed by atoms with E-state index in [2.05, 4.69) is 35.3 Å². The lowest BCUT2D eigenvalue weighted by molar-refractivity contribution is -0.0628. The average molecular weight is 533 g/mol. The predicted molar refractivity (Wildman–Crippen MR) is 150 cm³/mol. The molecule has 1 aromatic heterocycles. The molecule has 0 radical (unpaired) electrons. The Kier molecular flexibility index (Phi) is 7.96. The normalized spacial score (nSPS) is 25.8. The molecular formula is C32H37ClN2O3. The first kappa shape index (κ1) is 25.8. The third-order valence-corrected chi connectivity index (χ3v) is 8.94. The van der Waals surface area contributed by atoms with Gasteiger partial charge in [-0.25, -0.2) is 4.98 Å². The summed E-state index contributed by atoms with van der Waals surface area (Å²) in [6.07, 6.45) is 16.2. The third-order valence-electron chi connectivity index (χ3n) is 8.59. The zero-order valence-electron chi connectivity index (χ0n) is 21.9. The van der Waals surface area contributed by atoms with Gasteiger partial charge in [0, 0.05) is 52.9 Å². The van der Waals surface area contributed by atoms with Gasteiger partial charge in [0.05, 0.1) is 6.10 Å². The summed E-state index contributed by atoms with van der Waals surface area (Å²) in [5, 5.41) is 0.575. The molecule has 2 aromatic rings.